The number of aromatic nitrogens is 3. The maximum absolute atomic E-state index is 15.2. The number of nitrogens with zero attached hydrogens (tertiary/aromatic N) is 4. The van der Waals surface area contributed by atoms with E-state index < -0.39 is 28.9 Å². The van der Waals surface area contributed by atoms with Crippen molar-refractivity contribution in [2.45, 2.75) is 19.1 Å². The molecule has 0 saturated carbocycles. The maximum atomic E-state index is 15.2. The van der Waals surface area contributed by atoms with Crippen LogP contribution in [-0.2, 0) is 23.9 Å². The van der Waals surface area contributed by atoms with Gasteiger partial charge in [0.2, 0.25) is 23.1 Å². The summed E-state index contributed by atoms with van der Waals surface area (Å²) in [5.41, 5.74) is 5.60. The predicted molar refractivity (Wildman–Crippen MR) is 144 cm³/mol. The molecule has 1 amide bonds. The van der Waals surface area contributed by atoms with Crippen LogP contribution in [-0.4, -0.2) is 34.2 Å². The van der Waals surface area contributed by atoms with Crippen molar-refractivity contribution >= 4 is 22.5 Å². The number of fused-ring (bicyclic) bond motifs is 1. The van der Waals surface area contributed by atoms with Crippen LogP contribution in [0.5, 0.6) is 0 Å². The lowest BCUT2D eigenvalue weighted by molar-refractivity contribution is -0.137. The topological polar surface area (TPSA) is 107 Å². The number of amides is 1. The Morgan fingerprint density at radius 3 is 2.41 bits per heavy atom. The van der Waals surface area contributed by atoms with Gasteiger partial charge < -0.3 is 19.7 Å². The first-order chi connectivity index (χ1) is 19.5. The minimum absolute atomic E-state index is 0.00864. The van der Waals surface area contributed by atoms with Crippen molar-refractivity contribution in [3.8, 4) is 11.4 Å². The van der Waals surface area contributed by atoms with Crippen LogP contribution in [0.15, 0.2) is 82.2 Å². The quantitative estimate of drug-likeness (QED) is 0.272. The number of pyridine rings is 1. The average molecular weight is 566 g/mol. The summed E-state index contributed by atoms with van der Waals surface area (Å²) in [7, 11) is 1.47. The molecule has 41 heavy (non-hydrogen) atoms. The number of nitrogens with two attached hydrogens (primary N) is 1. The van der Waals surface area contributed by atoms with E-state index in [4.69, 9.17) is 10.3 Å². The minimum Gasteiger partial charge on any atom is -0.368 e. The third-order valence-corrected chi connectivity index (χ3v) is 6.49. The number of alkyl halides is 3. The van der Waals surface area contributed by atoms with Gasteiger partial charge in [-0.2, -0.15) is 18.2 Å². The fourth-order valence-electron chi connectivity index (χ4n) is 4.50. The Bertz CT molecular complexity index is 1780. The summed E-state index contributed by atoms with van der Waals surface area (Å²) in [5.74, 6) is -1.21. The Kier molecular flexibility index (Phi) is 7.31. The molecule has 0 fully saturated rings. The Morgan fingerprint density at radius 1 is 1.05 bits per heavy atom. The van der Waals surface area contributed by atoms with E-state index in [9.17, 15) is 22.8 Å². The van der Waals surface area contributed by atoms with Gasteiger partial charge in [0.25, 0.3) is 0 Å². The van der Waals surface area contributed by atoms with Crippen LogP contribution in [0.1, 0.15) is 22.6 Å². The van der Waals surface area contributed by atoms with Crippen molar-refractivity contribution in [1.82, 2.24) is 14.7 Å². The zero-order valence-corrected chi connectivity index (χ0v) is 21.7. The molecule has 210 valence electrons. The minimum atomic E-state index is -4.50. The molecule has 0 unspecified atom stereocenters. The molecule has 0 spiro atoms. The van der Waals surface area contributed by atoms with E-state index in [1.54, 1.807) is 4.57 Å². The van der Waals surface area contributed by atoms with Gasteiger partial charge in [0.1, 0.15) is 5.82 Å². The van der Waals surface area contributed by atoms with E-state index in [-0.39, 0.29) is 47.0 Å². The van der Waals surface area contributed by atoms with Crippen molar-refractivity contribution in [3.05, 3.63) is 112 Å². The number of hydrogen-bond acceptors (Lipinski definition) is 6. The van der Waals surface area contributed by atoms with Crippen molar-refractivity contribution in [3.63, 3.8) is 0 Å². The largest absolute Gasteiger partial charge is 0.416 e. The highest BCUT2D eigenvalue weighted by molar-refractivity contribution is 5.87. The van der Waals surface area contributed by atoms with Crippen LogP contribution in [0, 0.1) is 5.82 Å². The van der Waals surface area contributed by atoms with E-state index in [2.05, 4.69) is 10.1 Å². The van der Waals surface area contributed by atoms with Gasteiger partial charge >= 0.3 is 6.18 Å². The number of anilines is 1. The van der Waals surface area contributed by atoms with Gasteiger partial charge in [-0.25, -0.2) is 4.39 Å². The summed E-state index contributed by atoms with van der Waals surface area (Å²) in [6, 6.07) is 16.3. The molecular weight excluding hydrogens is 542 g/mol. The summed E-state index contributed by atoms with van der Waals surface area (Å²) < 4.78 is 61.4. The summed E-state index contributed by atoms with van der Waals surface area (Å²) >= 11 is 0. The normalized spacial score (nSPS) is 11.6. The standard InChI is InChI=1S/C29H23F4N5O3/c1-37(16-25(34)39)24-13-23-20(12-22(24)30)27(40)21(28-35-26(41-36-28)11-17-5-3-2-4-6-17)15-38(23)14-18-7-9-19(10-8-18)29(31,32)33/h2-10,12-13,15H,11,14,16H2,1H3,(H2,34,39). The average Bonchev–Trinajstić information content (AvgIpc) is 3.38. The zero-order valence-electron chi connectivity index (χ0n) is 21.7. The van der Waals surface area contributed by atoms with Gasteiger partial charge in [-0.1, -0.05) is 47.6 Å². The SMILES string of the molecule is CN(CC(N)=O)c1cc2c(cc1F)c(=O)c(-c1noc(Cc3ccccc3)n1)cn2Cc1ccc(C(F)(F)F)cc1. The Balaban J connectivity index is 1.62. The molecule has 3 aromatic carbocycles. The third-order valence-electron chi connectivity index (χ3n) is 6.49. The third kappa shape index (κ3) is 5.96. The number of benzene rings is 3. The molecule has 0 radical (unpaired) electrons. The summed E-state index contributed by atoms with van der Waals surface area (Å²) in [6.45, 7) is -0.252. The predicted octanol–water partition coefficient (Wildman–Crippen LogP) is 4.77. The smallest absolute Gasteiger partial charge is 0.368 e. The number of halogens is 4. The second-order valence-corrected chi connectivity index (χ2v) is 9.51. The first kappa shape index (κ1) is 27.6. The van der Waals surface area contributed by atoms with Crippen molar-refractivity contribution in [2.75, 3.05) is 18.5 Å². The molecule has 2 N–H and O–H groups in total. The van der Waals surface area contributed by atoms with E-state index >= 15 is 4.39 Å². The highest BCUT2D eigenvalue weighted by Gasteiger charge is 2.30. The molecule has 0 bridgehead atoms. The monoisotopic (exact) mass is 565 g/mol. The fourth-order valence-corrected chi connectivity index (χ4v) is 4.50. The molecule has 2 heterocycles. The molecular formula is C29H23F4N5O3. The molecule has 12 heteroatoms. The summed E-state index contributed by atoms with van der Waals surface area (Å²) in [5, 5.41) is 3.94. The molecule has 0 aliphatic carbocycles. The highest BCUT2D eigenvalue weighted by atomic mass is 19.4. The molecule has 0 aliphatic heterocycles. The lowest BCUT2D eigenvalue weighted by Gasteiger charge is -2.20. The van der Waals surface area contributed by atoms with Crippen molar-refractivity contribution in [1.29, 1.82) is 0 Å². The van der Waals surface area contributed by atoms with Gasteiger partial charge in [0.05, 0.1) is 35.3 Å². The number of primary amides is 1. The van der Waals surface area contributed by atoms with Crippen LogP contribution in [0.2, 0.25) is 0 Å². The number of rotatable bonds is 8. The highest BCUT2D eigenvalue weighted by Crippen LogP contribution is 2.30. The van der Waals surface area contributed by atoms with Crippen LogP contribution in [0.3, 0.4) is 0 Å². The van der Waals surface area contributed by atoms with E-state index in [0.29, 0.717) is 12.0 Å². The van der Waals surface area contributed by atoms with Gasteiger partial charge in [0, 0.05) is 25.2 Å². The second kappa shape index (κ2) is 10.9. The molecule has 0 atom stereocenters. The van der Waals surface area contributed by atoms with Crippen LogP contribution >= 0.6 is 0 Å². The molecule has 5 rings (SSSR count). The van der Waals surface area contributed by atoms with Crippen LogP contribution in [0.25, 0.3) is 22.3 Å². The molecule has 8 nitrogen and oxygen atoms in total. The number of hydrogen-bond donors (Lipinski definition) is 1. The molecule has 5 aromatic rings. The Hall–Kier alpha value is -5.00. The van der Waals surface area contributed by atoms with E-state index in [1.807, 2.05) is 30.3 Å². The van der Waals surface area contributed by atoms with E-state index in [0.717, 1.165) is 23.8 Å². The number of carbonyl (C=O) groups excluding carboxylic acids is 1. The first-order valence-corrected chi connectivity index (χ1v) is 12.4. The summed E-state index contributed by atoms with van der Waals surface area (Å²) in [6.07, 6.45) is -2.72. The molecule has 0 saturated heterocycles. The van der Waals surface area contributed by atoms with Gasteiger partial charge in [-0.3, -0.25) is 9.59 Å². The lowest BCUT2D eigenvalue weighted by Crippen LogP contribution is -2.31. The summed E-state index contributed by atoms with van der Waals surface area (Å²) in [4.78, 5) is 30.7. The van der Waals surface area contributed by atoms with E-state index in [1.165, 1.54) is 36.3 Å². The first-order valence-electron chi connectivity index (χ1n) is 12.4. The van der Waals surface area contributed by atoms with Crippen LogP contribution in [0.4, 0.5) is 23.2 Å². The van der Waals surface area contributed by atoms with Crippen molar-refractivity contribution in [2.24, 2.45) is 5.73 Å². The Morgan fingerprint density at radius 2 is 1.76 bits per heavy atom. The van der Waals surface area contributed by atoms with Crippen molar-refractivity contribution < 1.29 is 26.9 Å². The Labute approximate surface area is 230 Å². The fraction of sp³-hybridized carbons (Fsp3) is 0.172. The molecule has 0 aliphatic rings. The van der Waals surface area contributed by atoms with Crippen LogP contribution < -0.4 is 16.1 Å². The number of carbonyl (C=O) groups is 1. The van der Waals surface area contributed by atoms with Gasteiger partial charge in [0.15, 0.2) is 0 Å². The number of likely N-dealkylation sites (N-methyl/N-ethyl adjacent to an activating group) is 1. The zero-order chi connectivity index (χ0) is 29.3. The lowest BCUT2D eigenvalue weighted by atomic mass is 10.1. The maximum Gasteiger partial charge on any atom is 0.416 e. The van der Waals surface area contributed by atoms with Gasteiger partial charge in [-0.05, 0) is 35.4 Å². The second-order valence-electron chi connectivity index (χ2n) is 9.51. The molecule has 2 aromatic heterocycles. The van der Waals surface area contributed by atoms with Gasteiger partial charge in [-0.15, -0.1) is 0 Å².